The predicted molar refractivity (Wildman–Crippen MR) is 76.1 cm³/mol. The van der Waals surface area contributed by atoms with Crippen LogP contribution in [0.4, 0.5) is 0 Å². The van der Waals surface area contributed by atoms with Gasteiger partial charge < -0.3 is 5.32 Å². The third-order valence-electron chi connectivity index (χ3n) is 3.56. The topological polar surface area (TPSA) is 49.4 Å². The lowest BCUT2D eigenvalue weighted by atomic mass is 9.98. The number of nitrogens with zero attached hydrogens (tertiary/aromatic N) is 1. The van der Waals surface area contributed by atoms with Gasteiger partial charge in [0, 0.05) is 12.6 Å². The first-order valence-corrected chi connectivity index (χ1v) is 8.32. The van der Waals surface area contributed by atoms with Crippen molar-refractivity contribution in [1.82, 2.24) is 9.62 Å². The fourth-order valence-corrected chi connectivity index (χ4v) is 3.92. The second-order valence-electron chi connectivity index (χ2n) is 6.47. The van der Waals surface area contributed by atoms with E-state index in [1.54, 1.807) is 25.1 Å². The number of rotatable bonds is 4. The van der Waals surface area contributed by atoms with Crippen molar-refractivity contribution < 1.29 is 8.42 Å². The third kappa shape index (κ3) is 3.68. The summed E-state index contributed by atoms with van der Waals surface area (Å²) in [7, 11) is -3.22. The quantitative estimate of drug-likeness (QED) is 0.852. The van der Waals surface area contributed by atoms with Crippen LogP contribution in [0.25, 0.3) is 0 Å². The molecule has 0 atom stereocenters. The first-order chi connectivity index (χ1) is 8.16. The molecule has 0 unspecified atom stereocenters. The fourth-order valence-electron chi connectivity index (χ4n) is 2.26. The van der Waals surface area contributed by atoms with Crippen molar-refractivity contribution in [2.45, 2.75) is 58.2 Å². The third-order valence-corrected chi connectivity index (χ3v) is 6.29. The molecule has 0 radical (unpaired) electrons. The molecule has 0 aromatic carbocycles. The molecule has 1 rings (SSSR count). The Kier molecular flexibility index (Phi) is 5.21. The Labute approximate surface area is 112 Å². The van der Waals surface area contributed by atoms with E-state index in [-0.39, 0.29) is 6.04 Å². The summed E-state index contributed by atoms with van der Waals surface area (Å²) in [5.41, 5.74) is 0. The molecule has 5 heteroatoms. The molecule has 0 bridgehead atoms. The summed E-state index contributed by atoms with van der Waals surface area (Å²) in [5.74, 6) is 0.491. The number of nitrogens with one attached hydrogen (secondary N) is 1. The van der Waals surface area contributed by atoms with E-state index in [4.69, 9.17) is 0 Å². The molecule has 18 heavy (non-hydrogen) atoms. The lowest BCUT2D eigenvalue weighted by Gasteiger charge is -2.36. The summed E-state index contributed by atoms with van der Waals surface area (Å²) in [5, 5.41) is 3.32. The number of hydrogen-bond acceptors (Lipinski definition) is 3. The minimum Gasteiger partial charge on any atom is -0.317 e. The first kappa shape index (κ1) is 15.9. The number of piperidine rings is 1. The van der Waals surface area contributed by atoms with Crippen LogP contribution in [0.1, 0.15) is 47.5 Å². The van der Waals surface area contributed by atoms with Gasteiger partial charge in [-0.3, -0.25) is 0 Å². The standard InChI is InChI=1S/C13H28N2O2S/c1-11(2)15(18(16,17)13(3,4)5)10-12-6-8-14-9-7-12/h11-12,14H,6-10H2,1-5H3. The number of hydrogen-bond donors (Lipinski definition) is 1. The molecule has 0 saturated carbocycles. The Hall–Kier alpha value is -0.130. The lowest BCUT2D eigenvalue weighted by molar-refractivity contribution is 0.256. The Balaban J connectivity index is 2.83. The van der Waals surface area contributed by atoms with Crippen LogP contribution in [0.5, 0.6) is 0 Å². The van der Waals surface area contributed by atoms with Crippen LogP contribution >= 0.6 is 0 Å². The zero-order valence-corrected chi connectivity index (χ0v) is 13.2. The van der Waals surface area contributed by atoms with E-state index in [0.29, 0.717) is 12.5 Å². The monoisotopic (exact) mass is 276 g/mol. The molecule has 0 aliphatic carbocycles. The van der Waals surface area contributed by atoms with Crippen LogP contribution < -0.4 is 5.32 Å². The second-order valence-corrected chi connectivity index (χ2v) is 9.12. The Morgan fingerprint density at radius 1 is 1.22 bits per heavy atom. The summed E-state index contributed by atoms with van der Waals surface area (Å²) < 4.78 is 26.1. The van der Waals surface area contributed by atoms with Crippen molar-refractivity contribution in [3.8, 4) is 0 Å². The molecular weight excluding hydrogens is 248 g/mol. The van der Waals surface area contributed by atoms with E-state index in [9.17, 15) is 8.42 Å². The van der Waals surface area contributed by atoms with Crippen LogP contribution in [0.3, 0.4) is 0 Å². The number of sulfonamides is 1. The Morgan fingerprint density at radius 2 is 1.72 bits per heavy atom. The molecule has 1 aliphatic heterocycles. The van der Waals surface area contributed by atoms with Crippen LogP contribution in [0.2, 0.25) is 0 Å². The van der Waals surface area contributed by atoms with E-state index in [1.807, 2.05) is 13.8 Å². The summed E-state index contributed by atoms with van der Waals surface area (Å²) in [6.45, 7) is 11.9. The molecule has 4 nitrogen and oxygen atoms in total. The zero-order valence-electron chi connectivity index (χ0n) is 12.4. The maximum absolute atomic E-state index is 12.6. The summed E-state index contributed by atoms with van der Waals surface area (Å²) in [6.07, 6.45) is 2.14. The van der Waals surface area contributed by atoms with Gasteiger partial charge in [0.25, 0.3) is 0 Å². The smallest absolute Gasteiger partial charge is 0.219 e. The average molecular weight is 276 g/mol. The van der Waals surface area contributed by atoms with Crippen LogP contribution in [-0.4, -0.2) is 43.1 Å². The SMILES string of the molecule is CC(C)N(CC1CCNCC1)S(=O)(=O)C(C)(C)C. The molecule has 108 valence electrons. The largest absolute Gasteiger partial charge is 0.317 e. The van der Waals surface area contributed by atoms with Gasteiger partial charge >= 0.3 is 0 Å². The zero-order chi connectivity index (χ0) is 14.0. The molecule has 0 aromatic rings. The van der Waals surface area contributed by atoms with Gasteiger partial charge in [0.15, 0.2) is 0 Å². The Morgan fingerprint density at radius 3 is 2.11 bits per heavy atom. The van der Waals surface area contributed by atoms with E-state index < -0.39 is 14.8 Å². The highest BCUT2D eigenvalue weighted by molar-refractivity contribution is 7.90. The molecular formula is C13H28N2O2S. The van der Waals surface area contributed by atoms with Gasteiger partial charge in [-0.25, -0.2) is 8.42 Å². The summed E-state index contributed by atoms with van der Waals surface area (Å²) in [4.78, 5) is 0. The van der Waals surface area contributed by atoms with Gasteiger partial charge in [-0.2, -0.15) is 4.31 Å². The average Bonchev–Trinajstić information content (AvgIpc) is 2.25. The molecule has 0 spiro atoms. The highest BCUT2D eigenvalue weighted by atomic mass is 32.2. The van der Waals surface area contributed by atoms with E-state index >= 15 is 0 Å². The van der Waals surface area contributed by atoms with Crippen LogP contribution in [-0.2, 0) is 10.0 Å². The molecule has 1 saturated heterocycles. The van der Waals surface area contributed by atoms with Gasteiger partial charge in [-0.1, -0.05) is 0 Å². The van der Waals surface area contributed by atoms with Gasteiger partial charge in [-0.05, 0) is 66.5 Å². The van der Waals surface area contributed by atoms with Crippen molar-refractivity contribution in [3.63, 3.8) is 0 Å². The van der Waals surface area contributed by atoms with Gasteiger partial charge in [0.1, 0.15) is 0 Å². The summed E-state index contributed by atoms with van der Waals surface area (Å²) >= 11 is 0. The molecule has 1 N–H and O–H groups in total. The summed E-state index contributed by atoms with van der Waals surface area (Å²) in [6, 6.07) is 0.0316. The maximum atomic E-state index is 12.6. The Bertz CT molecular complexity index is 352. The highest BCUT2D eigenvalue weighted by Gasteiger charge is 2.37. The van der Waals surface area contributed by atoms with E-state index in [2.05, 4.69) is 5.32 Å². The van der Waals surface area contributed by atoms with Crippen LogP contribution in [0, 0.1) is 5.92 Å². The minimum atomic E-state index is -3.22. The van der Waals surface area contributed by atoms with E-state index in [1.165, 1.54) is 0 Å². The minimum absolute atomic E-state index is 0.0316. The fraction of sp³-hybridized carbons (Fsp3) is 1.00. The first-order valence-electron chi connectivity index (χ1n) is 6.88. The molecule has 1 aliphatic rings. The second kappa shape index (κ2) is 5.88. The predicted octanol–water partition coefficient (Wildman–Crippen LogP) is 1.82. The molecule has 0 aromatic heterocycles. The van der Waals surface area contributed by atoms with Gasteiger partial charge in [-0.15, -0.1) is 0 Å². The molecule has 1 heterocycles. The van der Waals surface area contributed by atoms with Crippen molar-refractivity contribution >= 4 is 10.0 Å². The van der Waals surface area contributed by atoms with Crippen LogP contribution in [0.15, 0.2) is 0 Å². The van der Waals surface area contributed by atoms with Gasteiger partial charge in [0.05, 0.1) is 4.75 Å². The maximum Gasteiger partial charge on any atom is 0.219 e. The van der Waals surface area contributed by atoms with Gasteiger partial charge in [0.2, 0.25) is 10.0 Å². The normalized spacial score (nSPS) is 19.7. The lowest BCUT2D eigenvalue weighted by Crippen LogP contribution is -2.49. The van der Waals surface area contributed by atoms with Crippen molar-refractivity contribution in [2.24, 2.45) is 5.92 Å². The molecule has 0 amide bonds. The van der Waals surface area contributed by atoms with Crippen molar-refractivity contribution in [1.29, 1.82) is 0 Å². The van der Waals surface area contributed by atoms with Crippen molar-refractivity contribution in [2.75, 3.05) is 19.6 Å². The molecule has 1 fully saturated rings. The highest BCUT2D eigenvalue weighted by Crippen LogP contribution is 2.25. The van der Waals surface area contributed by atoms with Crippen molar-refractivity contribution in [3.05, 3.63) is 0 Å². The van der Waals surface area contributed by atoms with E-state index in [0.717, 1.165) is 25.9 Å².